The number of nitrogens with zero attached hydrogens (tertiary/aromatic N) is 2. The number of para-hydroxylation sites is 2. The first kappa shape index (κ1) is 15.7. The summed E-state index contributed by atoms with van der Waals surface area (Å²) in [6.07, 6.45) is 0. The lowest BCUT2D eigenvalue weighted by molar-refractivity contribution is -0.642. The average Bonchev–Trinajstić information content (AvgIpc) is 2.81. The van der Waals surface area contributed by atoms with Gasteiger partial charge in [0.15, 0.2) is 5.78 Å². The fourth-order valence-corrected chi connectivity index (χ4v) is 3.07. The number of hydrogen-bond donors (Lipinski definition) is 1. The minimum Gasteiger partial charge on any atom is -0.291 e. The Morgan fingerprint density at radius 3 is 2.52 bits per heavy atom. The largest absolute Gasteiger partial charge is 0.356 e. The number of carbonyl (C=O) groups excluding carboxylic acids is 1. The number of anilines is 1. The normalized spacial score (nSPS) is 12.4. The van der Waals surface area contributed by atoms with E-state index in [2.05, 4.69) is 22.9 Å². The number of Topliss-reactive ketones (excluding diaryl/α,β-unsaturated/α-hetero) is 1. The van der Waals surface area contributed by atoms with Gasteiger partial charge < -0.3 is 0 Å². The first-order chi connectivity index (χ1) is 11.1. The highest BCUT2D eigenvalue weighted by atomic mass is 79.9. The molecule has 1 aromatic heterocycles. The van der Waals surface area contributed by atoms with E-state index >= 15 is 0 Å². The van der Waals surface area contributed by atoms with Crippen LogP contribution in [0, 0.1) is 0 Å². The molecule has 0 aliphatic rings. The Bertz CT molecular complexity index is 840. The van der Waals surface area contributed by atoms with Gasteiger partial charge in [-0.25, -0.2) is 9.13 Å². The van der Waals surface area contributed by atoms with Crippen LogP contribution in [0.1, 0.15) is 17.3 Å². The molecule has 0 aliphatic heterocycles. The van der Waals surface area contributed by atoms with Crippen molar-refractivity contribution in [3.63, 3.8) is 0 Å². The molecule has 0 bridgehead atoms. The number of alkyl halides is 1. The zero-order valence-corrected chi connectivity index (χ0v) is 14.5. The van der Waals surface area contributed by atoms with E-state index in [1.54, 1.807) is 0 Å². The van der Waals surface area contributed by atoms with Crippen molar-refractivity contribution in [1.29, 1.82) is 0 Å². The predicted octanol–water partition coefficient (Wildman–Crippen LogP) is 3.18. The summed E-state index contributed by atoms with van der Waals surface area (Å²) in [5, 5.41) is 0. The molecule has 1 atom stereocenters. The molecule has 0 spiro atoms. The summed E-state index contributed by atoms with van der Waals surface area (Å²) in [5.74, 6) is 0.652. The molecule has 0 radical (unpaired) electrons. The van der Waals surface area contributed by atoms with Crippen molar-refractivity contribution in [2.24, 2.45) is 0 Å². The molecule has 5 heteroatoms. The minimum atomic E-state index is 0.0529. The number of ketones is 1. The number of halogens is 1. The van der Waals surface area contributed by atoms with Gasteiger partial charge in [-0.2, -0.15) is 0 Å². The molecule has 0 aliphatic carbocycles. The van der Waals surface area contributed by atoms with E-state index in [1.165, 1.54) is 0 Å². The summed E-state index contributed by atoms with van der Waals surface area (Å²) in [7, 11) is 0. The van der Waals surface area contributed by atoms with Crippen LogP contribution in [0.4, 0.5) is 5.95 Å². The van der Waals surface area contributed by atoms with Crippen LogP contribution >= 0.6 is 15.9 Å². The van der Waals surface area contributed by atoms with E-state index in [0.717, 1.165) is 17.6 Å². The van der Waals surface area contributed by atoms with Gasteiger partial charge >= 0.3 is 5.95 Å². The van der Waals surface area contributed by atoms with Crippen LogP contribution in [0.3, 0.4) is 0 Å². The molecular weight excluding hydrogens is 354 g/mol. The lowest BCUT2D eigenvalue weighted by atomic mass is 10.1. The number of carbonyl (C=O) groups is 1. The van der Waals surface area contributed by atoms with Crippen LogP contribution in [0.25, 0.3) is 11.0 Å². The van der Waals surface area contributed by atoms with Gasteiger partial charge in [0.05, 0.1) is 6.54 Å². The van der Waals surface area contributed by atoms with E-state index in [4.69, 9.17) is 5.73 Å². The third-order valence-corrected chi connectivity index (χ3v) is 4.14. The lowest BCUT2D eigenvalue weighted by Gasteiger charge is -2.04. The fourth-order valence-electron chi connectivity index (χ4n) is 2.78. The van der Waals surface area contributed by atoms with E-state index in [1.807, 2.05) is 63.7 Å². The zero-order valence-electron chi connectivity index (χ0n) is 12.9. The fraction of sp³-hybridized carbons (Fsp3) is 0.222. The van der Waals surface area contributed by atoms with Crippen molar-refractivity contribution in [1.82, 2.24) is 4.57 Å². The first-order valence-corrected chi connectivity index (χ1v) is 8.48. The van der Waals surface area contributed by atoms with Crippen molar-refractivity contribution >= 4 is 38.7 Å². The van der Waals surface area contributed by atoms with Gasteiger partial charge in [-0.1, -0.05) is 58.4 Å². The molecule has 4 nitrogen and oxygen atoms in total. The molecule has 118 valence electrons. The smallest absolute Gasteiger partial charge is 0.291 e. The molecule has 1 unspecified atom stereocenters. The summed E-state index contributed by atoms with van der Waals surface area (Å²) in [6.45, 7) is 3.06. The van der Waals surface area contributed by atoms with Crippen LogP contribution in [0.5, 0.6) is 0 Å². The molecule has 0 amide bonds. The van der Waals surface area contributed by atoms with Crippen LogP contribution in [-0.2, 0) is 13.1 Å². The van der Waals surface area contributed by atoms with Crippen molar-refractivity contribution in [2.75, 3.05) is 5.73 Å². The molecule has 3 aromatic rings. The highest BCUT2D eigenvalue weighted by molar-refractivity contribution is 9.09. The average molecular weight is 373 g/mol. The Kier molecular flexibility index (Phi) is 4.48. The second-order valence-electron chi connectivity index (χ2n) is 5.61. The van der Waals surface area contributed by atoms with E-state index in [-0.39, 0.29) is 12.3 Å². The number of imidazole rings is 1. The molecule has 2 N–H and O–H groups in total. The lowest BCUT2D eigenvalue weighted by Crippen LogP contribution is -2.40. The Hall–Kier alpha value is -2.14. The topological polar surface area (TPSA) is 51.9 Å². The van der Waals surface area contributed by atoms with Crippen molar-refractivity contribution in [3.8, 4) is 0 Å². The number of nitrogen functional groups attached to an aromatic ring is 1. The highest BCUT2D eigenvalue weighted by Gasteiger charge is 2.23. The molecule has 3 rings (SSSR count). The van der Waals surface area contributed by atoms with Crippen LogP contribution in [0.15, 0.2) is 54.6 Å². The van der Waals surface area contributed by atoms with Crippen LogP contribution < -0.4 is 10.3 Å². The van der Waals surface area contributed by atoms with Gasteiger partial charge in [0.2, 0.25) is 0 Å². The van der Waals surface area contributed by atoms with Gasteiger partial charge in [-0.05, 0) is 19.1 Å². The number of hydrogen-bond acceptors (Lipinski definition) is 2. The molecule has 1 heterocycles. The molecule has 0 saturated heterocycles. The number of nitrogens with two attached hydrogens (primary N) is 1. The molecule has 2 aromatic carbocycles. The van der Waals surface area contributed by atoms with Gasteiger partial charge in [0, 0.05) is 10.4 Å². The van der Waals surface area contributed by atoms with E-state index < -0.39 is 0 Å². The number of fused-ring (bicyclic) bond motifs is 1. The second kappa shape index (κ2) is 6.54. The summed E-state index contributed by atoms with van der Waals surface area (Å²) in [5.41, 5.74) is 9.06. The summed E-state index contributed by atoms with van der Waals surface area (Å²) >= 11 is 3.58. The number of rotatable bonds is 5. The van der Waals surface area contributed by atoms with Crippen LogP contribution in [-0.4, -0.2) is 15.2 Å². The Morgan fingerprint density at radius 2 is 1.83 bits per heavy atom. The SMILES string of the molecule is CC(Br)Cn1c(N)[n+](CC(=O)c2ccccc2)c2ccccc21. The quantitative estimate of drug-likeness (QED) is 0.424. The van der Waals surface area contributed by atoms with Gasteiger partial charge in [0.25, 0.3) is 0 Å². The highest BCUT2D eigenvalue weighted by Crippen LogP contribution is 2.18. The van der Waals surface area contributed by atoms with E-state index in [0.29, 0.717) is 16.3 Å². The Morgan fingerprint density at radius 1 is 1.17 bits per heavy atom. The zero-order chi connectivity index (χ0) is 16.4. The minimum absolute atomic E-state index is 0.0529. The van der Waals surface area contributed by atoms with Crippen molar-refractivity contribution in [3.05, 3.63) is 60.2 Å². The third kappa shape index (κ3) is 3.15. The first-order valence-electron chi connectivity index (χ1n) is 7.57. The number of aromatic nitrogens is 2. The maximum Gasteiger partial charge on any atom is 0.356 e. The molecule has 0 saturated carbocycles. The van der Waals surface area contributed by atoms with Crippen LogP contribution in [0.2, 0.25) is 0 Å². The molecule has 0 fully saturated rings. The van der Waals surface area contributed by atoms with Crippen molar-refractivity contribution in [2.45, 2.75) is 24.8 Å². The number of benzene rings is 2. The van der Waals surface area contributed by atoms with Gasteiger partial charge in [0.1, 0.15) is 17.6 Å². The van der Waals surface area contributed by atoms with Gasteiger partial charge in [-0.3, -0.25) is 10.5 Å². The van der Waals surface area contributed by atoms with Crippen molar-refractivity contribution < 1.29 is 9.36 Å². The van der Waals surface area contributed by atoms with E-state index in [9.17, 15) is 4.79 Å². The summed E-state index contributed by atoms with van der Waals surface area (Å²) in [4.78, 5) is 12.8. The Balaban J connectivity index is 2.04. The standard InChI is InChI=1S/C18H18BrN3O/c1-13(19)11-21-15-9-5-6-10-16(15)22(18(21)20)12-17(23)14-7-3-2-4-8-14/h2-10,13,20H,11-12H2,1H3/p+1. The maximum atomic E-state index is 12.5. The summed E-state index contributed by atoms with van der Waals surface area (Å²) < 4.78 is 3.94. The third-order valence-electron chi connectivity index (χ3n) is 3.85. The summed E-state index contributed by atoms with van der Waals surface area (Å²) in [6, 6.07) is 17.3. The predicted molar refractivity (Wildman–Crippen MR) is 95.7 cm³/mol. The maximum absolute atomic E-state index is 12.5. The monoisotopic (exact) mass is 372 g/mol. The second-order valence-corrected chi connectivity index (χ2v) is 7.18. The Labute approximate surface area is 143 Å². The molecular formula is C18H19BrN3O+. The van der Waals surface area contributed by atoms with Gasteiger partial charge in [-0.15, -0.1) is 0 Å². The molecule has 23 heavy (non-hydrogen) atoms.